The van der Waals surface area contributed by atoms with E-state index in [0.717, 1.165) is 31.4 Å². The molecule has 1 aliphatic carbocycles. The minimum atomic E-state index is -0.562. The molecule has 0 spiro atoms. The van der Waals surface area contributed by atoms with Crippen LogP contribution in [0.1, 0.15) is 38.5 Å². The molecule has 2 aliphatic rings. The maximum absolute atomic E-state index is 13.0. The summed E-state index contributed by atoms with van der Waals surface area (Å²) in [6, 6.07) is 9.05. The highest BCUT2D eigenvalue weighted by molar-refractivity contribution is 7.80. The van der Waals surface area contributed by atoms with Gasteiger partial charge in [0.2, 0.25) is 0 Å². The topological polar surface area (TPSA) is 49.9 Å². The first-order chi connectivity index (χ1) is 11.6. The number of para-hydroxylation sites is 1. The van der Waals surface area contributed by atoms with Gasteiger partial charge in [-0.3, -0.25) is 14.5 Å². The summed E-state index contributed by atoms with van der Waals surface area (Å²) in [6.07, 6.45) is 5.54. The van der Waals surface area contributed by atoms with Crippen molar-refractivity contribution >= 4 is 34.9 Å². The third kappa shape index (κ3) is 3.15. The number of esters is 1. The number of hydrogen-bond donors (Lipinski definition) is 0. The van der Waals surface area contributed by atoms with Crippen molar-refractivity contribution < 1.29 is 14.3 Å². The van der Waals surface area contributed by atoms with Gasteiger partial charge in [0.15, 0.2) is 5.11 Å². The summed E-state index contributed by atoms with van der Waals surface area (Å²) >= 11 is 5.65. The second kappa shape index (κ2) is 7.30. The summed E-state index contributed by atoms with van der Waals surface area (Å²) in [5.74, 6) is -0.519. The zero-order valence-electron chi connectivity index (χ0n) is 13.8. The molecule has 5 nitrogen and oxygen atoms in total. The van der Waals surface area contributed by atoms with Crippen LogP contribution in [-0.2, 0) is 14.3 Å². The Hall–Kier alpha value is -1.95. The van der Waals surface area contributed by atoms with Crippen molar-refractivity contribution in [3.8, 4) is 0 Å². The number of rotatable bonds is 4. The molecule has 1 aromatic carbocycles. The van der Waals surface area contributed by atoms with Crippen molar-refractivity contribution in [1.29, 1.82) is 0 Å². The van der Waals surface area contributed by atoms with Crippen molar-refractivity contribution in [2.75, 3.05) is 12.0 Å². The standard InChI is InChI=1S/C18H22N2O3S/c1-23-16(21)12-15-17(22)20(14-10-6-3-7-11-14)18(24)19(15)13-8-4-2-5-9-13/h3,6-7,10-11,13,15H,2,4-5,8-9,12H2,1H3. The lowest BCUT2D eigenvalue weighted by Crippen LogP contribution is -2.45. The first-order valence-electron chi connectivity index (χ1n) is 8.41. The van der Waals surface area contributed by atoms with Gasteiger partial charge >= 0.3 is 5.97 Å². The second-order valence-corrected chi connectivity index (χ2v) is 6.65. The molecular formula is C18H22N2O3S. The average Bonchev–Trinajstić information content (AvgIpc) is 2.86. The highest BCUT2D eigenvalue weighted by Gasteiger charge is 2.47. The van der Waals surface area contributed by atoms with Crippen LogP contribution in [0.2, 0.25) is 0 Å². The first kappa shape index (κ1) is 16.9. The normalized spacial score (nSPS) is 22.1. The van der Waals surface area contributed by atoms with Crippen molar-refractivity contribution in [2.24, 2.45) is 0 Å². The van der Waals surface area contributed by atoms with Crippen molar-refractivity contribution in [3.05, 3.63) is 30.3 Å². The molecule has 1 aromatic rings. The molecule has 0 radical (unpaired) electrons. The minimum Gasteiger partial charge on any atom is -0.469 e. The third-order valence-corrected chi connectivity index (χ3v) is 5.22. The fourth-order valence-electron chi connectivity index (χ4n) is 3.62. The number of ether oxygens (including phenoxy) is 1. The van der Waals surface area contributed by atoms with Gasteiger partial charge in [0.05, 0.1) is 19.2 Å². The smallest absolute Gasteiger partial charge is 0.308 e. The van der Waals surface area contributed by atoms with E-state index in [1.165, 1.54) is 13.5 Å². The Morgan fingerprint density at radius 1 is 1.21 bits per heavy atom. The molecule has 3 rings (SSSR count). The van der Waals surface area contributed by atoms with E-state index in [2.05, 4.69) is 0 Å². The molecule has 24 heavy (non-hydrogen) atoms. The molecule has 1 saturated carbocycles. The van der Waals surface area contributed by atoms with Gasteiger partial charge in [0, 0.05) is 6.04 Å². The van der Waals surface area contributed by atoms with Gasteiger partial charge in [0.25, 0.3) is 5.91 Å². The number of thiocarbonyl (C=S) groups is 1. The Morgan fingerprint density at radius 2 is 1.88 bits per heavy atom. The van der Waals surface area contributed by atoms with E-state index in [4.69, 9.17) is 17.0 Å². The third-order valence-electron chi connectivity index (χ3n) is 4.82. The van der Waals surface area contributed by atoms with Gasteiger partial charge < -0.3 is 9.64 Å². The molecular weight excluding hydrogens is 324 g/mol. The monoisotopic (exact) mass is 346 g/mol. The molecule has 1 saturated heterocycles. The number of carbonyl (C=O) groups is 2. The van der Waals surface area contributed by atoms with Crippen LogP contribution in [0.15, 0.2) is 30.3 Å². The average molecular weight is 346 g/mol. The van der Waals surface area contributed by atoms with Crippen LogP contribution in [0.25, 0.3) is 0 Å². The predicted octanol–water partition coefficient (Wildman–Crippen LogP) is 2.88. The van der Waals surface area contributed by atoms with Gasteiger partial charge in [0.1, 0.15) is 6.04 Å². The predicted molar refractivity (Wildman–Crippen MR) is 95.7 cm³/mol. The van der Waals surface area contributed by atoms with Crippen LogP contribution in [0, 0.1) is 0 Å². The van der Waals surface area contributed by atoms with Gasteiger partial charge in [-0.15, -0.1) is 0 Å². The maximum atomic E-state index is 13.0. The van der Waals surface area contributed by atoms with Crippen LogP contribution in [-0.4, -0.2) is 41.1 Å². The molecule has 0 bridgehead atoms. The SMILES string of the molecule is COC(=O)CC1C(=O)N(c2ccccc2)C(=S)N1C1CCCCC1. The molecule has 0 N–H and O–H groups in total. The first-order valence-corrected chi connectivity index (χ1v) is 8.82. The summed E-state index contributed by atoms with van der Waals surface area (Å²) in [5, 5.41) is 0.506. The van der Waals surface area contributed by atoms with E-state index in [9.17, 15) is 9.59 Å². The van der Waals surface area contributed by atoms with Gasteiger partial charge in [-0.25, -0.2) is 0 Å². The van der Waals surface area contributed by atoms with E-state index in [-0.39, 0.29) is 24.3 Å². The molecule has 1 heterocycles. The number of benzene rings is 1. The summed E-state index contributed by atoms with van der Waals surface area (Å²) in [7, 11) is 1.35. The fourth-order valence-corrected chi connectivity index (χ4v) is 4.09. The lowest BCUT2D eigenvalue weighted by atomic mass is 9.93. The maximum Gasteiger partial charge on any atom is 0.308 e. The summed E-state index contributed by atoms with van der Waals surface area (Å²) in [4.78, 5) is 28.4. The molecule has 1 aliphatic heterocycles. The molecule has 1 atom stereocenters. The number of amides is 1. The van der Waals surface area contributed by atoms with Crippen LogP contribution in [0.5, 0.6) is 0 Å². The Labute approximate surface area is 147 Å². The summed E-state index contributed by atoms with van der Waals surface area (Å²) < 4.78 is 4.79. The largest absolute Gasteiger partial charge is 0.469 e. The van der Waals surface area contributed by atoms with Crippen molar-refractivity contribution in [3.63, 3.8) is 0 Å². The number of anilines is 1. The molecule has 128 valence electrons. The lowest BCUT2D eigenvalue weighted by molar-refractivity contribution is -0.143. The molecule has 0 aromatic heterocycles. The molecule has 2 fully saturated rings. The van der Waals surface area contributed by atoms with E-state index in [1.54, 1.807) is 4.90 Å². The highest BCUT2D eigenvalue weighted by atomic mass is 32.1. The van der Waals surface area contributed by atoms with Gasteiger partial charge in [-0.05, 0) is 37.2 Å². The number of carbonyl (C=O) groups excluding carboxylic acids is 2. The Kier molecular flexibility index (Phi) is 5.14. The highest BCUT2D eigenvalue weighted by Crippen LogP contribution is 2.33. The van der Waals surface area contributed by atoms with E-state index in [0.29, 0.717) is 5.11 Å². The number of nitrogens with zero attached hydrogens (tertiary/aromatic N) is 2. The van der Waals surface area contributed by atoms with Gasteiger partial charge in [-0.1, -0.05) is 37.5 Å². The minimum absolute atomic E-state index is 0.0370. The van der Waals surface area contributed by atoms with Crippen LogP contribution in [0.3, 0.4) is 0 Å². The van der Waals surface area contributed by atoms with E-state index < -0.39 is 6.04 Å². The Morgan fingerprint density at radius 3 is 2.50 bits per heavy atom. The Bertz CT molecular complexity index is 628. The summed E-state index contributed by atoms with van der Waals surface area (Å²) in [6.45, 7) is 0. The molecule has 6 heteroatoms. The molecule has 1 amide bonds. The van der Waals surface area contributed by atoms with Crippen molar-refractivity contribution in [2.45, 2.75) is 50.6 Å². The van der Waals surface area contributed by atoms with Crippen LogP contribution < -0.4 is 4.90 Å². The zero-order chi connectivity index (χ0) is 17.1. The number of methoxy groups -OCH3 is 1. The molecule has 1 unspecified atom stereocenters. The van der Waals surface area contributed by atoms with E-state index in [1.807, 2.05) is 35.2 Å². The van der Waals surface area contributed by atoms with Crippen molar-refractivity contribution in [1.82, 2.24) is 4.90 Å². The summed E-state index contributed by atoms with van der Waals surface area (Å²) in [5.41, 5.74) is 0.751. The van der Waals surface area contributed by atoms with Crippen LogP contribution >= 0.6 is 12.2 Å². The quantitative estimate of drug-likeness (QED) is 0.620. The lowest BCUT2D eigenvalue weighted by Gasteiger charge is -2.35. The zero-order valence-corrected chi connectivity index (χ0v) is 14.6. The second-order valence-electron chi connectivity index (χ2n) is 6.29. The number of hydrogen-bond acceptors (Lipinski definition) is 4. The Balaban J connectivity index is 1.92. The van der Waals surface area contributed by atoms with Gasteiger partial charge in [-0.2, -0.15) is 0 Å². The fraction of sp³-hybridized carbons (Fsp3) is 0.500. The van der Waals surface area contributed by atoms with Crippen LogP contribution in [0.4, 0.5) is 5.69 Å². The van der Waals surface area contributed by atoms with E-state index >= 15 is 0 Å².